The minimum Gasteiger partial charge on any atom is -0.493 e. The quantitative estimate of drug-likeness (QED) is 0.942. The van der Waals surface area contributed by atoms with Crippen LogP contribution in [0.4, 0.5) is 0 Å². The highest BCUT2D eigenvalue weighted by atomic mass is 16.5. The lowest BCUT2D eigenvalue weighted by Gasteiger charge is -2.43. The first kappa shape index (κ1) is 15.8. The summed E-state index contributed by atoms with van der Waals surface area (Å²) in [6.45, 7) is 2.15. The first-order chi connectivity index (χ1) is 11.1. The first-order valence-electron chi connectivity index (χ1n) is 7.79. The lowest BCUT2D eigenvalue weighted by atomic mass is 9.83. The van der Waals surface area contributed by atoms with Crippen LogP contribution in [0.25, 0.3) is 0 Å². The van der Waals surface area contributed by atoms with Crippen LogP contribution in [0.5, 0.6) is 11.5 Å². The van der Waals surface area contributed by atoms with E-state index in [0.29, 0.717) is 11.5 Å². The lowest BCUT2D eigenvalue weighted by Crippen LogP contribution is -2.37. The second kappa shape index (κ2) is 6.22. The summed E-state index contributed by atoms with van der Waals surface area (Å²) in [4.78, 5) is 2.20. The SMILES string of the molecule is COc1cc2c(cc1OC)[C@H](C)N(C)[C@H](c1ccccc1)[C@H]2O. The van der Waals surface area contributed by atoms with Crippen molar-refractivity contribution in [3.8, 4) is 11.5 Å². The van der Waals surface area contributed by atoms with Gasteiger partial charge < -0.3 is 14.6 Å². The Kier molecular flexibility index (Phi) is 4.28. The zero-order chi connectivity index (χ0) is 16.6. The molecule has 1 heterocycles. The van der Waals surface area contributed by atoms with Crippen molar-refractivity contribution in [3.63, 3.8) is 0 Å². The van der Waals surface area contributed by atoms with Gasteiger partial charge in [-0.3, -0.25) is 4.90 Å². The number of rotatable bonds is 3. The molecule has 3 atom stereocenters. The molecule has 0 aromatic heterocycles. The Bertz CT molecular complexity index is 687. The maximum Gasteiger partial charge on any atom is 0.161 e. The fraction of sp³-hybridized carbons (Fsp3) is 0.368. The summed E-state index contributed by atoms with van der Waals surface area (Å²) < 4.78 is 10.8. The average molecular weight is 313 g/mol. The van der Waals surface area contributed by atoms with Crippen LogP contribution in [-0.4, -0.2) is 31.3 Å². The van der Waals surface area contributed by atoms with Gasteiger partial charge in [-0.2, -0.15) is 0 Å². The van der Waals surface area contributed by atoms with Crippen molar-refractivity contribution >= 4 is 0 Å². The summed E-state index contributed by atoms with van der Waals surface area (Å²) in [7, 11) is 5.29. The predicted octanol–water partition coefficient (Wildman–Crippen LogP) is 3.48. The van der Waals surface area contributed by atoms with Crippen LogP contribution in [0.15, 0.2) is 42.5 Å². The summed E-state index contributed by atoms with van der Waals surface area (Å²) in [5.74, 6) is 1.34. The van der Waals surface area contributed by atoms with Gasteiger partial charge in [-0.1, -0.05) is 30.3 Å². The van der Waals surface area contributed by atoms with E-state index in [9.17, 15) is 5.11 Å². The molecular formula is C19H23NO3. The molecular weight excluding hydrogens is 290 g/mol. The average Bonchev–Trinajstić information content (AvgIpc) is 2.59. The van der Waals surface area contributed by atoms with E-state index in [-0.39, 0.29) is 12.1 Å². The Morgan fingerprint density at radius 2 is 1.52 bits per heavy atom. The molecule has 4 nitrogen and oxygen atoms in total. The molecule has 1 aliphatic heterocycles. The summed E-state index contributed by atoms with van der Waals surface area (Å²) >= 11 is 0. The zero-order valence-corrected chi connectivity index (χ0v) is 14.0. The minimum atomic E-state index is -0.617. The van der Waals surface area contributed by atoms with Gasteiger partial charge in [-0.25, -0.2) is 0 Å². The summed E-state index contributed by atoms with van der Waals surface area (Å²) in [5, 5.41) is 11.0. The zero-order valence-electron chi connectivity index (χ0n) is 14.0. The van der Waals surface area contributed by atoms with Crippen molar-refractivity contribution in [2.24, 2.45) is 0 Å². The molecule has 0 radical (unpaired) electrons. The molecule has 3 rings (SSSR count). The molecule has 0 aliphatic carbocycles. The van der Waals surface area contributed by atoms with Gasteiger partial charge >= 0.3 is 0 Å². The number of nitrogens with zero attached hydrogens (tertiary/aromatic N) is 1. The third-order valence-electron chi connectivity index (χ3n) is 4.85. The normalized spacial score (nSPS) is 24.1. The van der Waals surface area contributed by atoms with E-state index in [0.717, 1.165) is 16.7 Å². The van der Waals surface area contributed by atoms with E-state index in [1.54, 1.807) is 14.2 Å². The van der Waals surface area contributed by atoms with Crippen molar-refractivity contribution in [2.75, 3.05) is 21.3 Å². The molecule has 1 N–H and O–H groups in total. The van der Waals surface area contributed by atoms with Crippen LogP contribution in [-0.2, 0) is 0 Å². The van der Waals surface area contributed by atoms with Gasteiger partial charge in [0.15, 0.2) is 11.5 Å². The number of likely N-dealkylation sites (N-methyl/N-ethyl adjacent to an activating group) is 1. The standard InChI is InChI=1S/C19H23NO3/c1-12-14-10-16(22-3)17(23-4)11-15(14)19(21)18(20(12)2)13-8-6-5-7-9-13/h5-12,18-19,21H,1-4H3/t12-,18+,19-/m0/s1. The fourth-order valence-electron chi connectivity index (χ4n) is 3.45. The molecule has 0 spiro atoms. The number of aliphatic hydroxyl groups is 1. The fourth-order valence-corrected chi connectivity index (χ4v) is 3.45. The second-order valence-corrected chi connectivity index (χ2v) is 5.98. The summed E-state index contributed by atoms with van der Waals surface area (Å²) in [5.41, 5.74) is 3.08. The molecule has 0 amide bonds. The minimum absolute atomic E-state index is 0.0863. The van der Waals surface area contributed by atoms with Crippen LogP contribution in [0.2, 0.25) is 0 Å². The highest BCUT2D eigenvalue weighted by Crippen LogP contribution is 2.48. The number of benzene rings is 2. The summed E-state index contributed by atoms with van der Waals surface area (Å²) in [6.07, 6.45) is -0.617. The second-order valence-electron chi connectivity index (χ2n) is 5.98. The van der Waals surface area contributed by atoms with E-state index in [2.05, 4.69) is 24.0 Å². The Labute approximate surface area is 137 Å². The highest BCUT2D eigenvalue weighted by Gasteiger charge is 2.38. The van der Waals surface area contributed by atoms with Crippen molar-refractivity contribution in [1.29, 1.82) is 0 Å². The molecule has 2 aromatic rings. The van der Waals surface area contributed by atoms with Crippen molar-refractivity contribution in [1.82, 2.24) is 4.90 Å². The van der Waals surface area contributed by atoms with E-state index >= 15 is 0 Å². The Balaban J connectivity index is 2.12. The van der Waals surface area contributed by atoms with E-state index in [4.69, 9.17) is 9.47 Å². The molecule has 0 fully saturated rings. The van der Waals surface area contributed by atoms with Crippen LogP contribution in [0.1, 0.15) is 41.8 Å². The highest BCUT2D eigenvalue weighted by molar-refractivity contribution is 5.51. The van der Waals surface area contributed by atoms with Crippen LogP contribution < -0.4 is 9.47 Å². The molecule has 122 valence electrons. The smallest absolute Gasteiger partial charge is 0.161 e. The van der Waals surface area contributed by atoms with E-state index in [1.807, 2.05) is 37.4 Å². The topological polar surface area (TPSA) is 41.9 Å². The largest absolute Gasteiger partial charge is 0.493 e. The molecule has 0 unspecified atom stereocenters. The molecule has 0 saturated carbocycles. The number of hydrogen-bond donors (Lipinski definition) is 1. The number of fused-ring (bicyclic) bond motifs is 1. The third kappa shape index (κ3) is 2.58. The van der Waals surface area contributed by atoms with Crippen LogP contribution in [0, 0.1) is 0 Å². The van der Waals surface area contributed by atoms with Crippen molar-refractivity contribution in [3.05, 3.63) is 59.2 Å². The van der Waals surface area contributed by atoms with Gasteiger partial charge in [0, 0.05) is 6.04 Å². The molecule has 0 saturated heterocycles. The number of ether oxygens (including phenoxy) is 2. The van der Waals surface area contributed by atoms with E-state index < -0.39 is 6.10 Å². The van der Waals surface area contributed by atoms with Gasteiger partial charge in [0.05, 0.1) is 26.4 Å². The van der Waals surface area contributed by atoms with Gasteiger partial charge in [0.1, 0.15) is 0 Å². The molecule has 4 heteroatoms. The Hall–Kier alpha value is -2.04. The van der Waals surface area contributed by atoms with Crippen molar-refractivity contribution < 1.29 is 14.6 Å². The summed E-state index contributed by atoms with van der Waals surface area (Å²) in [6, 6.07) is 14.1. The van der Waals surface area contributed by atoms with Crippen LogP contribution >= 0.6 is 0 Å². The molecule has 23 heavy (non-hydrogen) atoms. The molecule has 2 aromatic carbocycles. The maximum absolute atomic E-state index is 11.0. The molecule has 0 bridgehead atoms. The predicted molar refractivity (Wildman–Crippen MR) is 89.9 cm³/mol. The number of aliphatic hydroxyl groups excluding tert-OH is 1. The Morgan fingerprint density at radius 1 is 0.957 bits per heavy atom. The van der Waals surface area contributed by atoms with E-state index in [1.165, 1.54) is 0 Å². The number of methoxy groups -OCH3 is 2. The van der Waals surface area contributed by atoms with Gasteiger partial charge in [-0.15, -0.1) is 0 Å². The van der Waals surface area contributed by atoms with Gasteiger partial charge in [-0.05, 0) is 42.8 Å². The van der Waals surface area contributed by atoms with Gasteiger partial charge in [0.2, 0.25) is 0 Å². The Morgan fingerprint density at radius 3 is 2.09 bits per heavy atom. The number of hydrogen-bond acceptors (Lipinski definition) is 4. The van der Waals surface area contributed by atoms with Crippen molar-refractivity contribution in [2.45, 2.75) is 25.1 Å². The first-order valence-corrected chi connectivity index (χ1v) is 7.79. The molecule has 1 aliphatic rings. The third-order valence-corrected chi connectivity index (χ3v) is 4.85. The van der Waals surface area contributed by atoms with Crippen LogP contribution in [0.3, 0.4) is 0 Å². The maximum atomic E-state index is 11.0. The lowest BCUT2D eigenvalue weighted by molar-refractivity contribution is 0.0235. The van der Waals surface area contributed by atoms with Gasteiger partial charge in [0.25, 0.3) is 0 Å². The monoisotopic (exact) mass is 313 g/mol.